The smallest absolute Gasteiger partial charge is 0.255 e. The van der Waals surface area contributed by atoms with Crippen LogP contribution in [0.1, 0.15) is 44.7 Å². The Morgan fingerprint density at radius 1 is 1.08 bits per heavy atom. The third-order valence-corrected chi connectivity index (χ3v) is 4.67. The summed E-state index contributed by atoms with van der Waals surface area (Å²) in [5.74, 6) is -0.697. The molecule has 0 unspecified atom stereocenters. The van der Waals surface area contributed by atoms with E-state index < -0.39 is 5.91 Å². The van der Waals surface area contributed by atoms with Crippen molar-refractivity contribution < 1.29 is 9.59 Å². The van der Waals surface area contributed by atoms with Crippen molar-refractivity contribution >= 4 is 17.5 Å². The molecule has 0 radical (unpaired) electrons. The predicted molar refractivity (Wildman–Crippen MR) is 98.6 cm³/mol. The summed E-state index contributed by atoms with van der Waals surface area (Å²) in [5, 5.41) is 2.86. The Balaban J connectivity index is 1.69. The van der Waals surface area contributed by atoms with Crippen LogP contribution in [0, 0.1) is 6.92 Å². The Labute approximate surface area is 147 Å². The van der Waals surface area contributed by atoms with E-state index in [0.717, 1.165) is 19.6 Å². The number of hydrogen-bond acceptors (Lipinski definition) is 3. The van der Waals surface area contributed by atoms with Crippen molar-refractivity contribution in [3.8, 4) is 0 Å². The van der Waals surface area contributed by atoms with E-state index in [2.05, 4.69) is 10.2 Å². The zero-order valence-corrected chi connectivity index (χ0v) is 14.4. The van der Waals surface area contributed by atoms with E-state index in [0.29, 0.717) is 22.4 Å². The number of rotatable bonds is 5. The molecule has 0 bridgehead atoms. The maximum absolute atomic E-state index is 12.5. The van der Waals surface area contributed by atoms with Crippen molar-refractivity contribution in [2.75, 3.05) is 18.4 Å². The third kappa shape index (κ3) is 4.06. The van der Waals surface area contributed by atoms with Gasteiger partial charge in [-0.1, -0.05) is 18.2 Å². The first kappa shape index (κ1) is 17.2. The summed E-state index contributed by atoms with van der Waals surface area (Å²) in [7, 11) is 0. The number of amides is 2. The molecular formula is C20H23N3O2. The van der Waals surface area contributed by atoms with Crippen molar-refractivity contribution in [3.63, 3.8) is 0 Å². The van der Waals surface area contributed by atoms with Crippen LogP contribution in [-0.4, -0.2) is 29.8 Å². The van der Waals surface area contributed by atoms with Gasteiger partial charge in [-0.3, -0.25) is 14.5 Å². The average molecular weight is 337 g/mol. The number of carbonyl (C=O) groups excluding carboxylic acids is 2. The van der Waals surface area contributed by atoms with Gasteiger partial charge in [0.05, 0.1) is 0 Å². The molecule has 1 saturated heterocycles. The molecule has 2 aromatic carbocycles. The van der Waals surface area contributed by atoms with E-state index in [4.69, 9.17) is 5.73 Å². The Morgan fingerprint density at radius 3 is 2.40 bits per heavy atom. The van der Waals surface area contributed by atoms with Crippen LogP contribution in [-0.2, 0) is 6.54 Å². The molecule has 1 heterocycles. The molecular weight excluding hydrogens is 314 g/mol. The van der Waals surface area contributed by atoms with Crippen LogP contribution in [0.4, 0.5) is 5.69 Å². The lowest BCUT2D eigenvalue weighted by molar-refractivity contribution is 0.0995. The fourth-order valence-corrected chi connectivity index (χ4v) is 3.19. The minimum absolute atomic E-state index is 0.197. The van der Waals surface area contributed by atoms with Crippen LogP contribution in [0.5, 0.6) is 0 Å². The molecule has 2 aromatic rings. The minimum Gasteiger partial charge on any atom is -0.366 e. The summed E-state index contributed by atoms with van der Waals surface area (Å²) in [6.45, 7) is 5.01. The third-order valence-electron chi connectivity index (χ3n) is 4.67. The first-order valence-electron chi connectivity index (χ1n) is 8.56. The second kappa shape index (κ2) is 7.49. The summed E-state index contributed by atoms with van der Waals surface area (Å²) in [6.07, 6.45) is 2.54. The lowest BCUT2D eigenvalue weighted by Gasteiger charge is -2.15. The van der Waals surface area contributed by atoms with Crippen LogP contribution in [0.25, 0.3) is 0 Å². The van der Waals surface area contributed by atoms with E-state index in [1.165, 1.54) is 18.4 Å². The molecule has 130 valence electrons. The van der Waals surface area contributed by atoms with Crippen molar-refractivity contribution in [2.24, 2.45) is 5.73 Å². The van der Waals surface area contributed by atoms with Crippen LogP contribution < -0.4 is 11.1 Å². The number of likely N-dealkylation sites (tertiary alicyclic amines) is 1. The largest absolute Gasteiger partial charge is 0.366 e. The molecule has 1 aliphatic heterocycles. The highest BCUT2D eigenvalue weighted by Gasteiger charge is 2.14. The molecule has 2 amide bonds. The normalized spacial score (nSPS) is 14.4. The topological polar surface area (TPSA) is 75.4 Å². The summed E-state index contributed by atoms with van der Waals surface area (Å²) in [4.78, 5) is 26.3. The first-order chi connectivity index (χ1) is 12.0. The summed E-state index contributed by atoms with van der Waals surface area (Å²) in [5.41, 5.74) is 8.85. The quantitative estimate of drug-likeness (QED) is 0.881. The highest BCUT2D eigenvalue weighted by Crippen LogP contribution is 2.20. The van der Waals surface area contributed by atoms with Crippen LogP contribution in [0.2, 0.25) is 0 Å². The van der Waals surface area contributed by atoms with Crippen molar-refractivity contribution in [1.29, 1.82) is 0 Å². The summed E-state index contributed by atoms with van der Waals surface area (Å²) in [6, 6.07) is 12.8. The SMILES string of the molecule is Cc1c(NC(=O)c2ccc(CN3CCCC3)cc2)cccc1C(N)=O. The molecule has 1 fully saturated rings. The van der Waals surface area contributed by atoms with Crippen LogP contribution in [0.3, 0.4) is 0 Å². The van der Waals surface area contributed by atoms with Gasteiger partial charge in [-0.25, -0.2) is 0 Å². The molecule has 0 aliphatic carbocycles. The molecule has 0 atom stereocenters. The standard InChI is InChI=1S/C20H23N3O2/c1-14-17(19(21)24)5-4-6-18(14)22-20(25)16-9-7-15(8-10-16)13-23-11-2-3-12-23/h4-10H,2-3,11-13H2,1H3,(H2,21,24)(H,22,25). The van der Waals surface area contributed by atoms with Gasteiger partial charge in [0.1, 0.15) is 0 Å². The van der Waals surface area contributed by atoms with E-state index in [1.807, 2.05) is 24.3 Å². The van der Waals surface area contributed by atoms with Gasteiger partial charge in [-0.05, 0) is 68.2 Å². The van der Waals surface area contributed by atoms with E-state index >= 15 is 0 Å². The molecule has 3 N–H and O–H groups in total. The maximum Gasteiger partial charge on any atom is 0.255 e. The molecule has 25 heavy (non-hydrogen) atoms. The number of nitrogens with one attached hydrogen (secondary N) is 1. The van der Waals surface area contributed by atoms with Gasteiger partial charge in [-0.2, -0.15) is 0 Å². The molecule has 5 nitrogen and oxygen atoms in total. The number of carbonyl (C=O) groups is 2. The summed E-state index contributed by atoms with van der Waals surface area (Å²) >= 11 is 0. The van der Waals surface area contributed by atoms with Crippen molar-refractivity contribution in [2.45, 2.75) is 26.3 Å². The van der Waals surface area contributed by atoms with Gasteiger partial charge in [0.25, 0.3) is 5.91 Å². The Kier molecular flexibility index (Phi) is 5.14. The predicted octanol–water partition coefficient (Wildman–Crippen LogP) is 2.94. The number of hydrogen-bond donors (Lipinski definition) is 2. The monoisotopic (exact) mass is 337 g/mol. The minimum atomic E-state index is -0.500. The molecule has 1 aliphatic rings. The fraction of sp³-hybridized carbons (Fsp3) is 0.300. The maximum atomic E-state index is 12.5. The number of primary amides is 1. The van der Waals surface area contributed by atoms with E-state index in [9.17, 15) is 9.59 Å². The van der Waals surface area contributed by atoms with Gasteiger partial charge < -0.3 is 11.1 Å². The molecule has 3 rings (SSSR count). The van der Waals surface area contributed by atoms with Crippen molar-refractivity contribution in [1.82, 2.24) is 4.90 Å². The zero-order chi connectivity index (χ0) is 17.8. The van der Waals surface area contributed by atoms with Crippen LogP contribution >= 0.6 is 0 Å². The van der Waals surface area contributed by atoms with E-state index in [-0.39, 0.29) is 5.91 Å². The highest BCUT2D eigenvalue weighted by atomic mass is 16.2. The molecule has 0 saturated carbocycles. The fourth-order valence-electron chi connectivity index (χ4n) is 3.19. The molecule has 0 spiro atoms. The lowest BCUT2D eigenvalue weighted by atomic mass is 10.1. The molecule has 5 heteroatoms. The van der Waals surface area contributed by atoms with Crippen LogP contribution in [0.15, 0.2) is 42.5 Å². The second-order valence-electron chi connectivity index (χ2n) is 6.48. The number of nitrogens with zero attached hydrogens (tertiary/aromatic N) is 1. The molecule has 0 aromatic heterocycles. The number of benzene rings is 2. The van der Waals surface area contributed by atoms with Crippen molar-refractivity contribution in [3.05, 3.63) is 64.7 Å². The van der Waals surface area contributed by atoms with Gasteiger partial charge in [-0.15, -0.1) is 0 Å². The first-order valence-corrected chi connectivity index (χ1v) is 8.56. The number of nitrogens with two attached hydrogens (primary N) is 1. The van der Waals surface area contributed by atoms with Gasteiger partial charge in [0.2, 0.25) is 5.91 Å². The summed E-state index contributed by atoms with van der Waals surface area (Å²) < 4.78 is 0. The Bertz CT molecular complexity index is 778. The van der Waals surface area contributed by atoms with E-state index in [1.54, 1.807) is 25.1 Å². The van der Waals surface area contributed by atoms with Gasteiger partial charge in [0.15, 0.2) is 0 Å². The lowest BCUT2D eigenvalue weighted by Crippen LogP contribution is -2.19. The number of anilines is 1. The Morgan fingerprint density at radius 2 is 1.76 bits per heavy atom. The average Bonchev–Trinajstić information content (AvgIpc) is 3.10. The highest BCUT2D eigenvalue weighted by molar-refractivity contribution is 6.05. The second-order valence-corrected chi connectivity index (χ2v) is 6.48. The van der Waals surface area contributed by atoms with Gasteiger partial charge in [0, 0.05) is 23.4 Å². The Hall–Kier alpha value is -2.66. The van der Waals surface area contributed by atoms with Gasteiger partial charge >= 0.3 is 0 Å². The zero-order valence-electron chi connectivity index (χ0n) is 14.4.